The van der Waals surface area contributed by atoms with Gasteiger partial charge in [0.1, 0.15) is 0 Å². The summed E-state index contributed by atoms with van der Waals surface area (Å²) in [5.41, 5.74) is 0.953. The molecule has 1 aromatic rings. The van der Waals surface area contributed by atoms with Crippen LogP contribution in [-0.4, -0.2) is 33.7 Å². The highest BCUT2D eigenvalue weighted by Crippen LogP contribution is 2.02. The van der Waals surface area contributed by atoms with Crippen molar-refractivity contribution in [2.45, 2.75) is 26.7 Å². The monoisotopic (exact) mass is 235 g/mol. The lowest BCUT2D eigenvalue weighted by atomic mass is 10.3. The third kappa shape index (κ3) is 4.43. The predicted molar refractivity (Wildman–Crippen MR) is 69.4 cm³/mol. The molecule has 0 fully saturated rings. The Hall–Kier alpha value is -1.58. The summed E-state index contributed by atoms with van der Waals surface area (Å²) < 4.78 is 1.72. The first kappa shape index (κ1) is 13.5. The van der Waals surface area contributed by atoms with Crippen molar-refractivity contribution in [1.82, 2.24) is 14.7 Å². The van der Waals surface area contributed by atoms with Crippen molar-refractivity contribution >= 4 is 12.0 Å². The van der Waals surface area contributed by atoms with Gasteiger partial charge in [0.2, 0.25) is 5.91 Å². The molecule has 0 unspecified atom stereocenters. The molecule has 0 bridgehead atoms. The van der Waals surface area contributed by atoms with Crippen molar-refractivity contribution in [3.63, 3.8) is 0 Å². The highest BCUT2D eigenvalue weighted by molar-refractivity contribution is 5.91. The number of aryl methyl sites for hydroxylation is 1. The van der Waals surface area contributed by atoms with Gasteiger partial charge in [-0.1, -0.05) is 13.8 Å². The third-order valence-corrected chi connectivity index (χ3v) is 2.44. The number of hydrogen-bond acceptors (Lipinski definition) is 2. The summed E-state index contributed by atoms with van der Waals surface area (Å²) >= 11 is 0. The highest BCUT2D eigenvalue weighted by Gasteiger charge is 2.07. The number of nitrogens with zero attached hydrogens (tertiary/aromatic N) is 3. The Morgan fingerprint density at radius 3 is 2.53 bits per heavy atom. The van der Waals surface area contributed by atoms with Crippen molar-refractivity contribution in [3.8, 4) is 0 Å². The molecule has 4 heteroatoms. The molecule has 0 spiro atoms. The molecule has 17 heavy (non-hydrogen) atoms. The number of carbonyl (C=O) groups is 1. The van der Waals surface area contributed by atoms with Gasteiger partial charge in [-0.25, -0.2) is 0 Å². The molecule has 1 rings (SSSR count). The van der Waals surface area contributed by atoms with Crippen LogP contribution in [0.15, 0.2) is 18.5 Å². The first-order chi connectivity index (χ1) is 8.17. The van der Waals surface area contributed by atoms with Crippen molar-refractivity contribution in [3.05, 3.63) is 24.0 Å². The summed E-state index contributed by atoms with van der Waals surface area (Å²) in [6.45, 7) is 5.82. The molecule has 1 aromatic heterocycles. The Morgan fingerprint density at radius 2 is 2.06 bits per heavy atom. The lowest BCUT2D eigenvalue weighted by Crippen LogP contribution is -2.30. The van der Waals surface area contributed by atoms with Crippen LogP contribution in [0.1, 0.15) is 32.3 Å². The molecule has 0 aliphatic heterocycles. The minimum absolute atomic E-state index is 0.0811. The van der Waals surface area contributed by atoms with Crippen LogP contribution >= 0.6 is 0 Å². The van der Waals surface area contributed by atoms with Crippen molar-refractivity contribution < 1.29 is 4.79 Å². The maximum Gasteiger partial charge on any atom is 0.246 e. The Morgan fingerprint density at radius 1 is 1.41 bits per heavy atom. The van der Waals surface area contributed by atoms with Gasteiger partial charge in [0, 0.05) is 38.0 Å². The van der Waals surface area contributed by atoms with Crippen molar-refractivity contribution in [2.75, 3.05) is 13.1 Å². The molecular formula is C13H21N3O. The fourth-order valence-corrected chi connectivity index (χ4v) is 1.67. The Labute approximate surface area is 103 Å². The van der Waals surface area contributed by atoms with Crippen LogP contribution in [0, 0.1) is 0 Å². The van der Waals surface area contributed by atoms with E-state index in [2.05, 4.69) is 18.9 Å². The van der Waals surface area contributed by atoms with Crippen LogP contribution in [0.25, 0.3) is 6.08 Å². The van der Waals surface area contributed by atoms with E-state index in [1.165, 1.54) is 0 Å². The molecule has 0 atom stereocenters. The van der Waals surface area contributed by atoms with E-state index in [-0.39, 0.29) is 5.91 Å². The van der Waals surface area contributed by atoms with Gasteiger partial charge in [0.15, 0.2) is 0 Å². The van der Waals surface area contributed by atoms with Crippen LogP contribution in [-0.2, 0) is 11.8 Å². The summed E-state index contributed by atoms with van der Waals surface area (Å²) in [6.07, 6.45) is 9.05. The molecule has 0 aromatic carbocycles. The standard InChI is InChI=1S/C13H21N3O/c1-4-8-16(9-5-2)13(17)7-6-12-10-14-15(3)11-12/h6-7,10-11H,4-5,8-9H2,1-3H3/b7-6+. The fraction of sp³-hybridized carbons (Fsp3) is 0.538. The summed E-state index contributed by atoms with van der Waals surface area (Å²) in [6, 6.07) is 0. The van der Waals surface area contributed by atoms with E-state index in [0.29, 0.717) is 0 Å². The average molecular weight is 235 g/mol. The molecule has 94 valence electrons. The molecule has 0 saturated heterocycles. The summed E-state index contributed by atoms with van der Waals surface area (Å²) in [5.74, 6) is 0.0811. The minimum atomic E-state index is 0.0811. The first-order valence-electron chi connectivity index (χ1n) is 6.13. The van der Waals surface area contributed by atoms with Gasteiger partial charge in [-0.3, -0.25) is 9.48 Å². The van der Waals surface area contributed by atoms with E-state index in [1.54, 1.807) is 17.0 Å². The highest BCUT2D eigenvalue weighted by atomic mass is 16.2. The predicted octanol–water partition coefficient (Wildman–Crippen LogP) is 2.08. The second-order valence-electron chi connectivity index (χ2n) is 4.11. The molecule has 0 radical (unpaired) electrons. The molecule has 1 heterocycles. The van der Waals surface area contributed by atoms with Crippen molar-refractivity contribution in [1.29, 1.82) is 0 Å². The van der Waals surface area contributed by atoms with Crippen LogP contribution in [0.3, 0.4) is 0 Å². The van der Waals surface area contributed by atoms with Crippen LogP contribution in [0.2, 0.25) is 0 Å². The van der Waals surface area contributed by atoms with E-state index >= 15 is 0 Å². The van der Waals surface area contributed by atoms with E-state index in [4.69, 9.17) is 0 Å². The van der Waals surface area contributed by atoms with E-state index in [0.717, 1.165) is 31.5 Å². The lowest BCUT2D eigenvalue weighted by molar-refractivity contribution is -0.126. The van der Waals surface area contributed by atoms with E-state index < -0.39 is 0 Å². The quantitative estimate of drug-likeness (QED) is 0.708. The van der Waals surface area contributed by atoms with Crippen LogP contribution < -0.4 is 0 Å². The first-order valence-corrected chi connectivity index (χ1v) is 6.13. The summed E-state index contributed by atoms with van der Waals surface area (Å²) in [5, 5.41) is 4.05. The summed E-state index contributed by atoms with van der Waals surface area (Å²) in [7, 11) is 1.86. The second-order valence-corrected chi connectivity index (χ2v) is 4.11. The van der Waals surface area contributed by atoms with Crippen molar-refractivity contribution in [2.24, 2.45) is 7.05 Å². The Kier molecular flexibility index (Phi) is 5.46. The molecular weight excluding hydrogens is 214 g/mol. The minimum Gasteiger partial charge on any atom is -0.339 e. The van der Waals surface area contributed by atoms with Gasteiger partial charge in [0.05, 0.1) is 6.20 Å². The lowest BCUT2D eigenvalue weighted by Gasteiger charge is -2.19. The molecule has 4 nitrogen and oxygen atoms in total. The average Bonchev–Trinajstić information content (AvgIpc) is 2.72. The summed E-state index contributed by atoms with van der Waals surface area (Å²) in [4.78, 5) is 13.8. The fourth-order valence-electron chi connectivity index (χ4n) is 1.67. The largest absolute Gasteiger partial charge is 0.339 e. The topological polar surface area (TPSA) is 38.1 Å². The number of aromatic nitrogens is 2. The van der Waals surface area contributed by atoms with Crippen LogP contribution in [0.5, 0.6) is 0 Å². The molecule has 0 saturated carbocycles. The van der Waals surface area contributed by atoms with E-state index in [9.17, 15) is 4.79 Å². The van der Waals surface area contributed by atoms with Gasteiger partial charge in [0.25, 0.3) is 0 Å². The van der Waals surface area contributed by atoms with Gasteiger partial charge in [-0.05, 0) is 18.9 Å². The number of carbonyl (C=O) groups excluding carboxylic acids is 1. The zero-order valence-electron chi connectivity index (χ0n) is 10.9. The van der Waals surface area contributed by atoms with Gasteiger partial charge in [-0.15, -0.1) is 0 Å². The zero-order chi connectivity index (χ0) is 12.7. The molecule has 0 aliphatic rings. The molecule has 0 N–H and O–H groups in total. The smallest absolute Gasteiger partial charge is 0.246 e. The third-order valence-electron chi connectivity index (χ3n) is 2.44. The van der Waals surface area contributed by atoms with Crippen LogP contribution in [0.4, 0.5) is 0 Å². The zero-order valence-corrected chi connectivity index (χ0v) is 10.9. The van der Waals surface area contributed by atoms with Gasteiger partial charge >= 0.3 is 0 Å². The Balaban J connectivity index is 2.59. The molecule has 1 amide bonds. The number of rotatable bonds is 6. The van der Waals surface area contributed by atoms with E-state index in [1.807, 2.05) is 24.2 Å². The maximum atomic E-state index is 11.9. The normalized spacial score (nSPS) is 11.0. The van der Waals surface area contributed by atoms with Gasteiger partial charge < -0.3 is 4.90 Å². The molecule has 0 aliphatic carbocycles. The second kappa shape index (κ2) is 6.89. The maximum absolute atomic E-state index is 11.9. The van der Waals surface area contributed by atoms with Gasteiger partial charge in [-0.2, -0.15) is 5.10 Å². The SMILES string of the molecule is CCCN(CCC)C(=O)/C=C/c1cnn(C)c1. The Bertz CT molecular complexity index is 376. The number of hydrogen-bond donors (Lipinski definition) is 0. The number of amides is 1.